The standard InChI is InChI=1S/C17H16BrFN2O2/c18-14-7-3-1-5-12(14)9-16(22)21-11-17(23)20-10-13-6-2-4-8-15(13)19/h1-8H,9-11H2,(H,20,23)(H,21,22). The average molecular weight is 379 g/mol. The molecule has 0 bridgehead atoms. The fourth-order valence-electron chi connectivity index (χ4n) is 1.95. The second-order valence-electron chi connectivity index (χ2n) is 4.91. The molecule has 4 nitrogen and oxygen atoms in total. The topological polar surface area (TPSA) is 58.2 Å². The van der Waals surface area contributed by atoms with Crippen LogP contribution in [-0.2, 0) is 22.6 Å². The van der Waals surface area contributed by atoms with Gasteiger partial charge < -0.3 is 10.6 Å². The summed E-state index contributed by atoms with van der Waals surface area (Å²) >= 11 is 3.37. The van der Waals surface area contributed by atoms with Crippen molar-refractivity contribution in [1.29, 1.82) is 0 Å². The summed E-state index contributed by atoms with van der Waals surface area (Å²) in [5.74, 6) is -0.988. The molecule has 23 heavy (non-hydrogen) atoms. The van der Waals surface area contributed by atoms with Crippen molar-refractivity contribution < 1.29 is 14.0 Å². The summed E-state index contributed by atoms with van der Waals surface area (Å²) in [7, 11) is 0. The molecule has 2 rings (SSSR count). The van der Waals surface area contributed by atoms with Crippen molar-refractivity contribution in [1.82, 2.24) is 10.6 Å². The van der Waals surface area contributed by atoms with Crippen LogP contribution in [0.2, 0.25) is 0 Å². The number of carbonyl (C=O) groups is 2. The number of benzene rings is 2. The van der Waals surface area contributed by atoms with E-state index in [0.29, 0.717) is 5.56 Å². The molecule has 2 N–H and O–H groups in total. The van der Waals surface area contributed by atoms with Crippen LogP contribution in [0, 0.1) is 5.82 Å². The Balaban J connectivity index is 1.75. The van der Waals surface area contributed by atoms with E-state index < -0.39 is 0 Å². The number of nitrogens with one attached hydrogen (secondary N) is 2. The minimum Gasteiger partial charge on any atom is -0.350 e. The van der Waals surface area contributed by atoms with E-state index in [1.54, 1.807) is 18.2 Å². The molecule has 0 saturated carbocycles. The highest BCUT2D eigenvalue weighted by Gasteiger charge is 2.09. The Morgan fingerprint density at radius 1 is 0.913 bits per heavy atom. The third kappa shape index (κ3) is 5.49. The van der Waals surface area contributed by atoms with E-state index in [4.69, 9.17) is 0 Å². The second-order valence-corrected chi connectivity index (χ2v) is 5.77. The third-order valence-corrected chi connectivity index (χ3v) is 3.96. The maximum absolute atomic E-state index is 13.4. The van der Waals surface area contributed by atoms with Crippen LogP contribution in [0.5, 0.6) is 0 Å². The zero-order valence-electron chi connectivity index (χ0n) is 12.3. The van der Waals surface area contributed by atoms with Crippen LogP contribution < -0.4 is 10.6 Å². The molecule has 0 aliphatic heterocycles. The fourth-order valence-corrected chi connectivity index (χ4v) is 2.38. The van der Waals surface area contributed by atoms with Gasteiger partial charge in [-0.25, -0.2) is 4.39 Å². The molecule has 2 aromatic carbocycles. The SMILES string of the molecule is O=C(CNC(=O)Cc1ccccc1Br)NCc1ccccc1F. The predicted molar refractivity (Wildman–Crippen MR) is 89.1 cm³/mol. The van der Waals surface area contributed by atoms with Crippen LogP contribution in [0.15, 0.2) is 53.0 Å². The lowest BCUT2D eigenvalue weighted by atomic mass is 10.1. The molecule has 0 fully saturated rings. The predicted octanol–water partition coefficient (Wildman–Crippen LogP) is 2.56. The van der Waals surface area contributed by atoms with Crippen molar-refractivity contribution in [3.8, 4) is 0 Å². The quantitative estimate of drug-likeness (QED) is 0.811. The number of halogens is 2. The third-order valence-electron chi connectivity index (χ3n) is 3.19. The number of carbonyl (C=O) groups excluding carboxylic acids is 2. The molecule has 0 aliphatic rings. The Labute approximate surface area is 142 Å². The van der Waals surface area contributed by atoms with Crippen molar-refractivity contribution in [3.63, 3.8) is 0 Å². The van der Waals surface area contributed by atoms with E-state index in [9.17, 15) is 14.0 Å². The van der Waals surface area contributed by atoms with E-state index in [0.717, 1.165) is 10.0 Å². The molecule has 0 spiro atoms. The van der Waals surface area contributed by atoms with E-state index >= 15 is 0 Å². The summed E-state index contributed by atoms with van der Waals surface area (Å²) in [6, 6.07) is 13.6. The van der Waals surface area contributed by atoms with Gasteiger partial charge in [0, 0.05) is 16.6 Å². The van der Waals surface area contributed by atoms with Crippen molar-refractivity contribution in [2.45, 2.75) is 13.0 Å². The molecule has 2 aromatic rings. The van der Waals surface area contributed by atoms with Gasteiger partial charge in [0.05, 0.1) is 13.0 Å². The van der Waals surface area contributed by atoms with Crippen molar-refractivity contribution in [2.24, 2.45) is 0 Å². The first-order valence-electron chi connectivity index (χ1n) is 7.06. The zero-order chi connectivity index (χ0) is 16.7. The molecule has 0 unspecified atom stereocenters. The van der Waals surface area contributed by atoms with Crippen molar-refractivity contribution in [2.75, 3.05) is 6.54 Å². The lowest BCUT2D eigenvalue weighted by Gasteiger charge is -2.08. The summed E-state index contributed by atoms with van der Waals surface area (Å²) in [6.07, 6.45) is 0.183. The van der Waals surface area contributed by atoms with Crippen LogP contribution in [0.4, 0.5) is 4.39 Å². The Morgan fingerprint density at radius 3 is 2.26 bits per heavy atom. The van der Waals surface area contributed by atoms with Gasteiger partial charge >= 0.3 is 0 Å². The molecular formula is C17H16BrFN2O2. The highest BCUT2D eigenvalue weighted by atomic mass is 79.9. The largest absolute Gasteiger partial charge is 0.350 e. The fraction of sp³-hybridized carbons (Fsp3) is 0.176. The summed E-state index contributed by atoms with van der Waals surface area (Å²) in [4.78, 5) is 23.5. The van der Waals surface area contributed by atoms with Gasteiger partial charge in [0.25, 0.3) is 0 Å². The van der Waals surface area contributed by atoms with Gasteiger partial charge in [-0.05, 0) is 17.7 Å². The number of amides is 2. The molecule has 2 amide bonds. The van der Waals surface area contributed by atoms with Gasteiger partial charge in [-0.2, -0.15) is 0 Å². The normalized spacial score (nSPS) is 10.2. The minimum absolute atomic E-state index is 0.0889. The van der Waals surface area contributed by atoms with E-state index in [2.05, 4.69) is 26.6 Å². The highest BCUT2D eigenvalue weighted by Crippen LogP contribution is 2.16. The van der Waals surface area contributed by atoms with Crippen LogP contribution in [-0.4, -0.2) is 18.4 Å². The van der Waals surface area contributed by atoms with Gasteiger partial charge in [0.15, 0.2) is 0 Å². The second kappa shape index (κ2) is 8.43. The summed E-state index contributed by atoms with van der Waals surface area (Å²) < 4.78 is 14.3. The number of hydrogen-bond donors (Lipinski definition) is 2. The van der Waals surface area contributed by atoms with Gasteiger partial charge in [-0.3, -0.25) is 9.59 Å². The Bertz CT molecular complexity index is 706. The molecule has 6 heteroatoms. The summed E-state index contributed by atoms with van der Waals surface area (Å²) in [5.41, 5.74) is 1.25. The molecule has 120 valence electrons. The highest BCUT2D eigenvalue weighted by molar-refractivity contribution is 9.10. The van der Waals surface area contributed by atoms with Crippen molar-refractivity contribution in [3.05, 3.63) is 69.9 Å². The maximum Gasteiger partial charge on any atom is 0.239 e. The first-order chi connectivity index (χ1) is 11.1. The Kier molecular flexibility index (Phi) is 6.29. The lowest BCUT2D eigenvalue weighted by Crippen LogP contribution is -2.37. The molecular weight excluding hydrogens is 363 g/mol. The first kappa shape index (κ1) is 17.1. The molecule has 0 saturated heterocycles. The molecule has 0 aromatic heterocycles. The minimum atomic E-state index is -0.370. The molecule has 0 radical (unpaired) electrons. The Morgan fingerprint density at radius 2 is 1.57 bits per heavy atom. The zero-order valence-corrected chi connectivity index (χ0v) is 13.9. The van der Waals surface area contributed by atoms with Gasteiger partial charge in [0.2, 0.25) is 11.8 Å². The first-order valence-corrected chi connectivity index (χ1v) is 7.86. The van der Waals surface area contributed by atoms with Crippen LogP contribution >= 0.6 is 15.9 Å². The van der Waals surface area contributed by atoms with Gasteiger partial charge in [-0.1, -0.05) is 52.3 Å². The van der Waals surface area contributed by atoms with Gasteiger partial charge in [0.1, 0.15) is 5.82 Å². The van der Waals surface area contributed by atoms with Crippen molar-refractivity contribution >= 4 is 27.7 Å². The summed E-state index contributed by atoms with van der Waals surface area (Å²) in [5, 5.41) is 5.11. The monoisotopic (exact) mass is 378 g/mol. The van der Waals surface area contributed by atoms with Gasteiger partial charge in [-0.15, -0.1) is 0 Å². The lowest BCUT2D eigenvalue weighted by molar-refractivity contribution is -0.125. The number of hydrogen-bond acceptors (Lipinski definition) is 2. The molecule has 0 atom stereocenters. The van der Waals surface area contributed by atoms with Crippen LogP contribution in [0.25, 0.3) is 0 Å². The molecule has 0 heterocycles. The smallest absolute Gasteiger partial charge is 0.239 e. The summed E-state index contributed by atoms with van der Waals surface area (Å²) in [6.45, 7) is -0.0522. The van der Waals surface area contributed by atoms with Crippen LogP contribution in [0.3, 0.4) is 0 Å². The molecule has 0 aliphatic carbocycles. The van der Waals surface area contributed by atoms with E-state index in [1.807, 2.05) is 24.3 Å². The van der Waals surface area contributed by atoms with E-state index in [-0.39, 0.29) is 37.1 Å². The van der Waals surface area contributed by atoms with Crippen LogP contribution in [0.1, 0.15) is 11.1 Å². The number of rotatable bonds is 6. The maximum atomic E-state index is 13.4. The Hall–Kier alpha value is -2.21. The average Bonchev–Trinajstić information content (AvgIpc) is 2.54. The van der Waals surface area contributed by atoms with E-state index in [1.165, 1.54) is 6.07 Å².